The van der Waals surface area contributed by atoms with Crippen molar-refractivity contribution in [3.8, 4) is 0 Å². The SMILES string of the molecule is CCOC(=O)c1c(NC(=O)[C@@H]2CCCCN2S(=O)(=O)c2ccccc2)sc2c1CCCC2. The highest BCUT2D eigenvalue weighted by Gasteiger charge is 2.38. The molecular weight excluding hydrogens is 448 g/mol. The van der Waals surface area contributed by atoms with Crippen LogP contribution in [0.3, 0.4) is 0 Å². The highest BCUT2D eigenvalue weighted by Crippen LogP contribution is 2.39. The number of amides is 1. The number of benzene rings is 1. The number of rotatable bonds is 6. The number of hydrogen-bond donors (Lipinski definition) is 1. The molecule has 0 radical (unpaired) electrons. The summed E-state index contributed by atoms with van der Waals surface area (Å²) in [4.78, 5) is 27.3. The van der Waals surface area contributed by atoms with E-state index in [1.54, 1.807) is 37.3 Å². The summed E-state index contributed by atoms with van der Waals surface area (Å²) < 4.78 is 33.1. The fourth-order valence-electron chi connectivity index (χ4n) is 4.45. The van der Waals surface area contributed by atoms with E-state index in [1.165, 1.54) is 15.6 Å². The van der Waals surface area contributed by atoms with Gasteiger partial charge in [0, 0.05) is 11.4 Å². The molecule has 0 unspecified atom stereocenters. The molecule has 1 amide bonds. The molecule has 1 fully saturated rings. The molecule has 172 valence electrons. The van der Waals surface area contributed by atoms with E-state index in [1.807, 2.05) is 0 Å². The highest BCUT2D eigenvalue weighted by molar-refractivity contribution is 7.89. The molecule has 2 aromatic rings. The minimum atomic E-state index is -3.80. The summed E-state index contributed by atoms with van der Waals surface area (Å²) in [5.74, 6) is -0.826. The molecule has 32 heavy (non-hydrogen) atoms. The van der Waals surface area contributed by atoms with E-state index in [2.05, 4.69) is 5.32 Å². The lowest BCUT2D eigenvalue weighted by Gasteiger charge is -2.33. The zero-order valence-corrected chi connectivity index (χ0v) is 19.8. The number of aryl methyl sites for hydroxylation is 1. The number of carbonyl (C=O) groups excluding carboxylic acids is 2. The first-order valence-electron chi connectivity index (χ1n) is 11.1. The average Bonchev–Trinajstić information content (AvgIpc) is 3.17. The number of nitrogens with zero attached hydrogens (tertiary/aromatic N) is 1. The molecule has 0 spiro atoms. The first-order chi connectivity index (χ1) is 15.4. The Labute approximate surface area is 192 Å². The third-order valence-corrected chi connectivity index (χ3v) is 9.12. The Morgan fingerprint density at radius 3 is 2.62 bits per heavy atom. The maximum Gasteiger partial charge on any atom is 0.341 e. The van der Waals surface area contributed by atoms with E-state index < -0.39 is 27.9 Å². The number of carbonyl (C=O) groups is 2. The van der Waals surface area contributed by atoms with Crippen molar-refractivity contribution in [3.05, 3.63) is 46.3 Å². The quantitative estimate of drug-likeness (QED) is 0.637. The number of sulfonamides is 1. The zero-order valence-electron chi connectivity index (χ0n) is 18.1. The van der Waals surface area contributed by atoms with E-state index in [4.69, 9.17) is 4.74 Å². The molecule has 1 aliphatic heterocycles. The Bertz CT molecular complexity index is 1100. The van der Waals surface area contributed by atoms with Crippen LogP contribution in [-0.4, -0.2) is 43.8 Å². The second-order valence-corrected chi connectivity index (χ2v) is 11.1. The fraction of sp³-hybridized carbons (Fsp3) is 0.478. The summed E-state index contributed by atoms with van der Waals surface area (Å²) in [5.41, 5.74) is 1.40. The van der Waals surface area contributed by atoms with Crippen molar-refractivity contribution >= 4 is 38.2 Å². The summed E-state index contributed by atoms with van der Waals surface area (Å²) in [6.45, 7) is 2.30. The predicted octanol–water partition coefficient (Wildman–Crippen LogP) is 3.99. The van der Waals surface area contributed by atoms with E-state index in [0.717, 1.165) is 42.5 Å². The third-order valence-electron chi connectivity index (χ3n) is 5.99. The zero-order chi connectivity index (χ0) is 22.7. The van der Waals surface area contributed by atoms with E-state index >= 15 is 0 Å². The van der Waals surface area contributed by atoms with Gasteiger partial charge in [-0.15, -0.1) is 11.3 Å². The van der Waals surface area contributed by atoms with Gasteiger partial charge in [-0.1, -0.05) is 24.6 Å². The first kappa shape index (κ1) is 22.9. The van der Waals surface area contributed by atoms with Gasteiger partial charge in [-0.2, -0.15) is 4.31 Å². The van der Waals surface area contributed by atoms with Crippen molar-refractivity contribution in [1.29, 1.82) is 0 Å². The second kappa shape index (κ2) is 9.72. The molecule has 2 aliphatic rings. The highest BCUT2D eigenvalue weighted by atomic mass is 32.2. The third kappa shape index (κ3) is 4.46. The first-order valence-corrected chi connectivity index (χ1v) is 13.4. The molecule has 1 saturated heterocycles. The van der Waals surface area contributed by atoms with Gasteiger partial charge in [-0.3, -0.25) is 4.79 Å². The number of hydrogen-bond acceptors (Lipinski definition) is 6. The normalized spacial score (nSPS) is 19.2. The Balaban J connectivity index is 1.63. The van der Waals surface area contributed by atoms with Crippen LogP contribution >= 0.6 is 11.3 Å². The van der Waals surface area contributed by atoms with Crippen molar-refractivity contribution in [2.45, 2.75) is 62.8 Å². The molecule has 1 aliphatic carbocycles. The minimum absolute atomic E-state index is 0.179. The Kier molecular flexibility index (Phi) is 6.97. The van der Waals surface area contributed by atoms with Crippen molar-refractivity contribution < 1.29 is 22.7 Å². The smallest absolute Gasteiger partial charge is 0.341 e. The van der Waals surface area contributed by atoms with Crippen LogP contribution < -0.4 is 5.32 Å². The molecular formula is C23H28N2O5S2. The van der Waals surface area contributed by atoms with Crippen LogP contribution in [0.15, 0.2) is 35.2 Å². The van der Waals surface area contributed by atoms with Crippen molar-refractivity contribution in [2.75, 3.05) is 18.5 Å². The monoisotopic (exact) mass is 476 g/mol. The van der Waals surface area contributed by atoms with Gasteiger partial charge in [0.1, 0.15) is 11.0 Å². The molecule has 0 bridgehead atoms. The number of nitrogens with one attached hydrogen (secondary N) is 1. The topological polar surface area (TPSA) is 92.8 Å². The molecule has 1 aromatic carbocycles. The summed E-state index contributed by atoms with van der Waals surface area (Å²) in [6, 6.07) is 7.38. The molecule has 1 aromatic heterocycles. The molecule has 1 N–H and O–H groups in total. The number of esters is 1. The van der Waals surface area contributed by atoms with Crippen molar-refractivity contribution in [2.24, 2.45) is 0 Å². The Morgan fingerprint density at radius 2 is 1.88 bits per heavy atom. The van der Waals surface area contributed by atoms with E-state index in [9.17, 15) is 18.0 Å². The Hall–Kier alpha value is -2.23. The Morgan fingerprint density at radius 1 is 1.12 bits per heavy atom. The maximum absolute atomic E-state index is 13.3. The lowest BCUT2D eigenvalue weighted by molar-refractivity contribution is -0.120. The number of ether oxygens (including phenoxy) is 1. The van der Waals surface area contributed by atoms with Gasteiger partial charge < -0.3 is 10.1 Å². The number of fused-ring (bicyclic) bond motifs is 1. The van der Waals surface area contributed by atoms with Gasteiger partial charge in [0.05, 0.1) is 17.1 Å². The molecule has 9 heteroatoms. The minimum Gasteiger partial charge on any atom is -0.462 e. The van der Waals surface area contributed by atoms with Crippen LogP contribution in [-0.2, 0) is 32.4 Å². The van der Waals surface area contributed by atoms with Gasteiger partial charge in [0.15, 0.2) is 0 Å². The number of anilines is 1. The standard InChI is InChI=1S/C23H28N2O5S2/c1-2-30-23(27)20-17-12-6-7-14-19(17)31-22(20)24-21(26)18-13-8-9-15-25(18)32(28,29)16-10-4-3-5-11-16/h3-5,10-11,18H,2,6-9,12-15H2,1H3,(H,24,26)/t18-/m0/s1. The van der Waals surface area contributed by atoms with E-state index in [-0.39, 0.29) is 11.5 Å². The van der Waals surface area contributed by atoms with Gasteiger partial charge in [-0.25, -0.2) is 13.2 Å². The fourth-order valence-corrected chi connectivity index (χ4v) is 7.41. The van der Waals surface area contributed by atoms with Crippen LogP contribution in [0.2, 0.25) is 0 Å². The van der Waals surface area contributed by atoms with Gasteiger partial charge in [-0.05, 0) is 63.1 Å². The van der Waals surface area contributed by atoms with Crippen LogP contribution in [0.4, 0.5) is 5.00 Å². The number of piperidine rings is 1. The molecule has 4 rings (SSSR count). The second-order valence-electron chi connectivity index (χ2n) is 8.07. The summed E-state index contributed by atoms with van der Waals surface area (Å²) in [6.07, 6.45) is 5.62. The van der Waals surface area contributed by atoms with Crippen LogP contribution in [0.1, 0.15) is 59.8 Å². The van der Waals surface area contributed by atoms with Crippen molar-refractivity contribution in [1.82, 2.24) is 4.31 Å². The van der Waals surface area contributed by atoms with Gasteiger partial charge >= 0.3 is 5.97 Å². The molecule has 0 saturated carbocycles. The lowest BCUT2D eigenvalue weighted by atomic mass is 9.95. The van der Waals surface area contributed by atoms with Crippen LogP contribution in [0.25, 0.3) is 0 Å². The average molecular weight is 477 g/mol. The predicted molar refractivity (Wildman–Crippen MR) is 124 cm³/mol. The van der Waals surface area contributed by atoms with E-state index in [0.29, 0.717) is 30.0 Å². The molecule has 7 nitrogen and oxygen atoms in total. The molecule has 2 heterocycles. The van der Waals surface area contributed by atoms with Crippen LogP contribution in [0.5, 0.6) is 0 Å². The van der Waals surface area contributed by atoms with Gasteiger partial charge in [0.25, 0.3) is 0 Å². The summed E-state index contributed by atoms with van der Waals surface area (Å²) in [5, 5.41) is 3.38. The summed E-state index contributed by atoms with van der Waals surface area (Å²) >= 11 is 1.41. The van der Waals surface area contributed by atoms with Crippen LogP contribution in [0, 0.1) is 0 Å². The maximum atomic E-state index is 13.3. The van der Waals surface area contributed by atoms with Crippen molar-refractivity contribution in [3.63, 3.8) is 0 Å². The summed E-state index contributed by atoms with van der Waals surface area (Å²) in [7, 11) is -3.80. The largest absolute Gasteiger partial charge is 0.462 e. The molecule has 1 atom stereocenters. The number of thiophene rings is 1. The van der Waals surface area contributed by atoms with Gasteiger partial charge in [0.2, 0.25) is 15.9 Å². The lowest BCUT2D eigenvalue weighted by Crippen LogP contribution is -2.49.